The SMILES string of the molecule is COc1c(N2CC[C@@H](CNC(=O)CN)C2)c(F)cc2c(=O)c3c(O)c(C(C)=O)sc3n(C3CC3)c12. The Labute approximate surface area is 204 Å². The Kier molecular flexibility index (Phi) is 5.92. The average Bonchev–Trinajstić information content (AvgIpc) is 3.45. The van der Waals surface area contributed by atoms with Gasteiger partial charge >= 0.3 is 0 Å². The van der Waals surface area contributed by atoms with Crippen LogP contribution in [0, 0.1) is 11.7 Å². The summed E-state index contributed by atoms with van der Waals surface area (Å²) in [6.45, 7) is 2.77. The highest BCUT2D eigenvalue weighted by Crippen LogP contribution is 2.48. The smallest absolute Gasteiger partial charge is 0.233 e. The lowest BCUT2D eigenvalue weighted by molar-refractivity contribution is -0.119. The van der Waals surface area contributed by atoms with Crippen molar-refractivity contribution in [2.75, 3.05) is 38.2 Å². The number of rotatable bonds is 7. The minimum Gasteiger partial charge on any atom is -0.505 e. The largest absolute Gasteiger partial charge is 0.505 e. The van der Waals surface area contributed by atoms with Crippen molar-refractivity contribution in [1.82, 2.24) is 9.88 Å². The Morgan fingerprint density at radius 3 is 2.71 bits per heavy atom. The fourth-order valence-electron chi connectivity index (χ4n) is 4.98. The Bertz CT molecular complexity index is 1430. The molecule has 0 bridgehead atoms. The fraction of sp³-hybridized carbons (Fsp3) is 0.458. The summed E-state index contributed by atoms with van der Waals surface area (Å²) in [5, 5.41) is 13.6. The summed E-state index contributed by atoms with van der Waals surface area (Å²) in [7, 11) is 1.45. The fourth-order valence-corrected chi connectivity index (χ4v) is 6.15. The van der Waals surface area contributed by atoms with Crippen LogP contribution in [0.3, 0.4) is 0 Å². The number of hydrogen-bond acceptors (Lipinski definition) is 8. The minimum absolute atomic E-state index is 0.0469. The second-order valence-corrected chi connectivity index (χ2v) is 10.2. The van der Waals surface area contributed by atoms with Crippen molar-refractivity contribution >= 4 is 49.8 Å². The summed E-state index contributed by atoms with van der Waals surface area (Å²) in [5.74, 6) is -1.14. The molecule has 1 aliphatic heterocycles. The maximum Gasteiger partial charge on any atom is 0.233 e. The number of halogens is 1. The summed E-state index contributed by atoms with van der Waals surface area (Å²) in [4.78, 5) is 39.6. The van der Waals surface area contributed by atoms with Gasteiger partial charge in [-0.1, -0.05) is 0 Å². The first kappa shape index (κ1) is 23.6. The molecule has 186 valence electrons. The normalized spacial score (nSPS) is 17.9. The van der Waals surface area contributed by atoms with Gasteiger partial charge in [0.2, 0.25) is 11.3 Å². The number of thiophene rings is 1. The van der Waals surface area contributed by atoms with Crippen LogP contribution in [0.4, 0.5) is 10.1 Å². The van der Waals surface area contributed by atoms with Gasteiger partial charge in [-0.05, 0) is 31.2 Å². The van der Waals surface area contributed by atoms with Crippen molar-refractivity contribution in [3.05, 3.63) is 27.0 Å². The molecule has 5 rings (SSSR count). The van der Waals surface area contributed by atoms with Crippen molar-refractivity contribution in [1.29, 1.82) is 0 Å². The van der Waals surface area contributed by atoms with Gasteiger partial charge in [0.05, 0.1) is 24.6 Å². The van der Waals surface area contributed by atoms with E-state index in [4.69, 9.17) is 10.5 Å². The van der Waals surface area contributed by atoms with E-state index in [2.05, 4.69) is 5.32 Å². The number of pyridine rings is 1. The summed E-state index contributed by atoms with van der Waals surface area (Å²) in [6.07, 6.45) is 2.48. The van der Waals surface area contributed by atoms with Crippen LogP contribution >= 0.6 is 11.3 Å². The number of nitrogens with zero attached hydrogens (tertiary/aromatic N) is 2. The standard InChI is InChI=1S/C24H27FN4O5S/c1-11(30)23-21(33)17-20(32)14-7-15(25)19(28-6-5-12(10-28)9-27-16(31)8-26)22(34-2)18(14)29(13-3-4-13)24(17)35-23/h7,12-13,33H,3-6,8-10,26H2,1-2H3,(H,27,31)/t12-/m0/s1. The van der Waals surface area contributed by atoms with Gasteiger partial charge in [0.15, 0.2) is 23.1 Å². The first-order valence-electron chi connectivity index (χ1n) is 11.6. The van der Waals surface area contributed by atoms with E-state index in [1.165, 1.54) is 20.1 Å². The van der Waals surface area contributed by atoms with E-state index in [0.717, 1.165) is 30.6 Å². The zero-order valence-corrected chi connectivity index (χ0v) is 20.3. The third-order valence-corrected chi connectivity index (χ3v) is 8.07. The van der Waals surface area contributed by atoms with E-state index in [-0.39, 0.29) is 63.0 Å². The maximum absolute atomic E-state index is 15.6. The molecule has 2 aliphatic rings. The van der Waals surface area contributed by atoms with E-state index in [0.29, 0.717) is 30.0 Å². The average molecular weight is 503 g/mol. The van der Waals surface area contributed by atoms with Crippen molar-refractivity contribution in [3.63, 3.8) is 0 Å². The molecular weight excluding hydrogens is 475 g/mol. The second-order valence-electron chi connectivity index (χ2n) is 9.19. The minimum atomic E-state index is -0.596. The Hall–Kier alpha value is -3.18. The number of nitrogens with two attached hydrogens (primary N) is 1. The van der Waals surface area contributed by atoms with E-state index in [9.17, 15) is 19.5 Å². The number of nitrogens with one attached hydrogen (secondary N) is 1. The number of ether oxygens (including phenoxy) is 1. The molecule has 4 N–H and O–H groups in total. The summed E-state index contributed by atoms with van der Waals surface area (Å²) in [6, 6.07) is 1.27. The number of methoxy groups -OCH3 is 1. The lowest BCUT2D eigenvalue weighted by atomic mass is 10.1. The summed E-state index contributed by atoms with van der Waals surface area (Å²) >= 11 is 1.08. The van der Waals surface area contributed by atoms with Crippen molar-refractivity contribution in [3.8, 4) is 11.5 Å². The van der Waals surface area contributed by atoms with Gasteiger partial charge in [0, 0.05) is 32.6 Å². The predicted molar refractivity (Wildman–Crippen MR) is 132 cm³/mol. The van der Waals surface area contributed by atoms with Crippen LogP contribution in [0.15, 0.2) is 10.9 Å². The van der Waals surface area contributed by atoms with E-state index >= 15 is 4.39 Å². The number of Topliss-reactive ketones (excluding diaryl/α,β-unsaturated/α-hetero) is 1. The molecule has 1 saturated heterocycles. The summed E-state index contributed by atoms with van der Waals surface area (Å²) in [5.41, 5.74) is 5.58. The highest BCUT2D eigenvalue weighted by atomic mass is 32.1. The van der Waals surface area contributed by atoms with Gasteiger partial charge in [0.1, 0.15) is 20.8 Å². The molecule has 11 heteroatoms. The molecule has 1 saturated carbocycles. The zero-order valence-electron chi connectivity index (χ0n) is 19.5. The van der Waals surface area contributed by atoms with E-state index in [1.807, 2.05) is 9.47 Å². The molecular formula is C24H27FN4O5S. The molecule has 1 amide bonds. The molecule has 3 aromatic rings. The number of fused-ring (bicyclic) bond motifs is 2. The lowest BCUT2D eigenvalue weighted by Gasteiger charge is -2.25. The van der Waals surface area contributed by atoms with E-state index in [1.54, 1.807) is 0 Å². The monoisotopic (exact) mass is 502 g/mol. The van der Waals surface area contributed by atoms with Crippen LogP contribution in [0.5, 0.6) is 11.5 Å². The number of carbonyl (C=O) groups excluding carboxylic acids is 2. The van der Waals surface area contributed by atoms with E-state index < -0.39 is 11.2 Å². The predicted octanol–water partition coefficient (Wildman–Crippen LogP) is 2.51. The Balaban J connectivity index is 1.69. The highest BCUT2D eigenvalue weighted by Gasteiger charge is 2.35. The second kappa shape index (κ2) is 8.80. The zero-order chi connectivity index (χ0) is 25.0. The van der Waals surface area contributed by atoms with Gasteiger partial charge in [-0.25, -0.2) is 4.39 Å². The molecule has 1 aromatic carbocycles. The van der Waals surface area contributed by atoms with Crippen LogP contribution < -0.4 is 26.1 Å². The summed E-state index contributed by atoms with van der Waals surface area (Å²) < 4.78 is 23.3. The molecule has 2 aromatic heterocycles. The van der Waals surface area contributed by atoms with Crippen molar-refractivity contribution in [2.45, 2.75) is 32.2 Å². The van der Waals surface area contributed by atoms with Gasteiger partial charge in [-0.2, -0.15) is 0 Å². The molecule has 9 nitrogen and oxygen atoms in total. The van der Waals surface area contributed by atoms with Crippen LogP contribution in [-0.2, 0) is 4.79 Å². The highest BCUT2D eigenvalue weighted by molar-refractivity contribution is 7.21. The molecule has 1 aliphatic carbocycles. The first-order chi connectivity index (χ1) is 16.8. The number of anilines is 1. The van der Waals surface area contributed by atoms with Crippen LogP contribution in [0.2, 0.25) is 0 Å². The third kappa shape index (κ3) is 3.82. The molecule has 0 unspecified atom stereocenters. The van der Waals surface area contributed by atoms with Crippen LogP contribution in [0.25, 0.3) is 21.1 Å². The number of amides is 1. The van der Waals surface area contributed by atoms with Crippen molar-refractivity contribution in [2.24, 2.45) is 11.7 Å². The molecule has 0 spiro atoms. The molecule has 35 heavy (non-hydrogen) atoms. The first-order valence-corrected chi connectivity index (χ1v) is 12.4. The maximum atomic E-state index is 15.6. The van der Waals surface area contributed by atoms with Gasteiger partial charge in [-0.3, -0.25) is 14.4 Å². The third-order valence-electron chi connectivity index (χ3n) is 6.79. The Morgan fingerprint density at radius 2 is 2.09 bits per heavy atom. The molecule has 3 heterocycles. The number of aromatic nitrogens is 1. The number of aromatic hydroxyl groups is 1. The molecule has 0 radical (unpaired) electrons. The van der Waals surface area contributed by atoms with Gasteiger partial charge < -0.3 is 30.4 Å². The molecule has 2 fully saturated rings. The number of ketones is 1. The van der Waals surface area contributed by atoms with Crippen LogP contribution in [-0.4, -0.2) is 54.7 Å². The van der Waals surface area contributed by atoms with Gasteiger partial charge in [-0.15, -0.1) is 11.3 Å². The lowest BCUT2D eigenvalue weighted by Crippen LogP contribution is -2.35. The molecule has 1 atom stereocenters. The van der Waals surface area contributed by atoms with Crippen LogP contribution in [0.1, 0.15) is 41.9 Å². The van der Waals surface area contributed by atoms with Crippen molar-refractivity contribution < 1.29 is 23.8 Å². The topological polar surface area (TPSA) is 127 Å². The Morgan fingerprint density at radius 1 is 1.34 bits per heavy atom. The van der Waals surface area contributed by atoms with Gasteiger partial charge in [0.25, 0.3) is 0 Å². The quantitative estimate of drug-likeness (QED) is 0.424. The number of hydrogen-bond donors (Lipinski definition) is 3. The number of benzene rings is 1. The number of carbonyl (C=O) groups is 2.